The molecule has 7 heteroatoms. The van der Waals surface area contributed by atoms with E-state index < -0.39 is 0 Å². The number of benzene rings is 3. The van der Waals surface area contributed by atoms with E-state index in [1.165, 1.54) is 0 Å². The lowest BCUT2D eigenvalue weighted by atomic mass is 10.2. The molecule has 4 rings (SSSR count). The van der Waals surface area contributed by atoms with Gasteiger partial charge >= 0.3 is 6.03 Å². The van der Waals surface area contributed by atoms with Gasteiger partial charge < -0.3 is 19.7 Å². The fraction of sp³-hybridized carbons (Fsp3) is 0.321. The lowest BCUT2D eigenvalue weighted by molar-refractivity contribution is 0.0365. The van der Waals surface area contributed by atoms with E-state index in [0.29, 0.717) is 30.4 Å². The molecule has 1 heterocycles. The normalized spacial score (nSPS) is 13.9. The molecule has 3 aromatic carbocycles. The number of hydrogen-bond acceptors (Lipinski definition) is 4. The molecule has 0 bridgehead atoms. The van der Waals surface area contributed by atoms with Gasteiger partial charge in [-0.15, -0.1) is 0 Å². The number of morpholine rings is 1. The summed E-state index contributed by atoms with van der Waals surface area (Å²) in [7, 11) is 0. The molecular weight excluding hydrogens is 462 g/mol. The van der Waals surface area contributed by atoms with Gasteiger partial charge in [0.15, 0.2) is 0 Å². The zero-order valence-electron chi connectivity index (χ0n) is 19.9. The van der Waals surface area contributed by atoms with Crippen LogP contribution >= 0.6 is 11.6 Å². The number of anilines is 1. The van der Waals surface area contributed by atoms with Crippen LogP contribution in [-0.2, 0) is 17.9 Å². The van der Waals surface area contributed by atoms with Crippen LogP contribution in [0.3, 0.4) is 0 Å². The van der Waals surface area contributed by atoms with Crippen molar-refractivity contribution in [3.05, 3.63) is 95.0 Å². The summed E-state index contributed by atoms with van der Waals surface area (Å²) in [4.78, 5) is 17.4. The third-order valence-electron chi connectivity index (χ3n) is 5.89. The summed E-state index contributed by atoms with van der Waals surface area (Å²) in [6.07, 6.45) is 0.882. The first kappa shape index (κ1) is 25.0. The van der Waals surface area contributed by atoms with E-state index in [-0.39, 0.29) is 6.03 Å². The smallest absolute Gasteiger partial charge is 0.322 e. The molecule has 184 valence electrons. The highest BCUT2D eigenvalue weighted by Crippen LogP contribution is 2.19. The standard InChI is InChI=1S/C28H32ClN3O3/c29-25-10-5-11-26(20-25)30-28(33)32(14-6-13-31-15-17-34-18-16-31)21-24-9-4-12-27(19-24)35-22-23-7-2-1-3-8-23/h1-5,7-12,19-20H,6,13-18,21-22H2,(H,30,33). The first-order chi connectivity index (χ1) is 17.2. The molecule has 1 aliphatic rings. The third kappa shape index (κ3) is 8.28. The van der Waals surface area contributed by atoms with Crippen LogP contribution in [-0.4, -0.2) is 55.2 Å². The average Bonchev–Trinajstić information content (AvgIpc) is 2.88. The number of carbonyl (C=O) groups is 1. The summed E-state index contributed by atoms with van der Waals surface area (Å²) in [6.45, 7) is 5.98. The SMILES string of the molecule is O=C(Nc1cccc(Cl)c1)N(CCCN1CCOCC1)Cc1cccc(OCc2ccccc2)c1. The fourth-order valence-corrected chi connectivity index (χ4v) is 4.22. The van der Waals surface area contributed by atoms with E-state index >= 15 is 0 Å². The molecule has 1 N–H and O–H groups in total. The predicted molar refractivity (Wildman–Crippen MR) is 140 cm³/mol. The number of amides is 2. The van der Waals surface area contributed by atoms with Crippen molar-refractivity contribution in [2.24, 2.45) is 0 Å². The monoisotopic (exact) mass is 493 g/mol. The molecule has 0 aromatic heterocycles. The van der Waals surface area contributed by atoms with Gasteiger partial charge in [-0.25, -0.2) is 4.79 Å². The number of urea groups is 1. The van der Waals surface area contributed by atoms with Crippen LogP contribution in [0.25, 0.3) is 0 Å². The van der Waals surface area contributed by atoms with Crippen LogP contribution in [0.15, 0.2) is 78.9 Å². The lowest BCUT2D eigenvalue weighted by Crippen LogP contribution is -2.40. The molecule has 3 aromatic rings. The molecule has 0 aliphatic carbocycles. The summed E-state index contributed by atoms with van der Waals surface area (Å²) in [6, 6.07) is 25.1. The summed E-state index contributed by atoms with van der Waals surface area (Å²) in [5.41, 5.74) is 2.81. The number of nitrogens with zero attached hydrogens (tertiary/aromatic N) is 2. The van der Waals surface area contributed by atoms with Gasteiger partial charge in [0.1, 0.15) is 12.4 Å². The first-order valence-corrected chi connectivity index (χ1v) is 12.4. The van der Waals surface area contributed by atoms with E-state index in [4.69, 9.17) is 21.1 Å². The fourth-order valence-electron chi connectivity index (χ4n) is 4.03. The van der Waals surface area contributed by atoms with Gasteiger partial charge in [-0.2, -0.15) is 0 Å². The molecule has 2 amide bonds. The first-order valence-electron chi connectivity index (χ1n) is 12.0. The van der Waals surface area contributed by atoms with E-state index in [0.717, 1.165) is 56.1 Å². The molecule has 1 saturated heterocycles. The Morgan fingerprint density at radius 1 is 0.971 bits per heavy atom. The van der Waals surface area contributed by atoms with Crippen molar-refractivity contribution in [3.63, 3.8) is 0 Å². The van der Waals surface area contributed by atoms with Crippen LogP contribution in [0.1, 0.15) is 17.5 Å². The second-order valence-electron chi connectivity index (χ2n) is 8.59. The molecule has 0 atom stereocenters. The number of hydrogen-bond donors (Lipinski definition) is 1. The number of rotatable bonds is 10. The maximum atomic E-state index is 13.2. The van der Waals surface area contributed by atoms with Crippen molar-refractivity contribution < 1.29 is 14.3 Å². The van der Waals surface area contributed by atoms with Crippen molar-refractivity contribution >= 4 is 23.3 Å². The molecule has 1 fully saturated rings. The molecular formula is C28H32ClN3O3. The second kappa shape index (κ2) is 13.1. The van der Waals surface area contributed by atoms with E-state index in [1.54, 1.807) is 12.1 Å². The zero-order chi connectivity index (χ0) is 24.3. The van der Waals surface area contributed by atoms with Crippen molar-refractivity contribution in [1.82, 2.24) is 9.80 Å². The molecule has 0 saturated carbocycles. The van der Waals surface area contributed by atoms with Crippen LogP contribution in [0, 0.1) is 0 Å². The van der Waals surface area contributed by atoms with Crippen LogP contribution < -0.4 is 10.1 Å². The summed E-state index contributed by atoms with van der Waals surface area (Å²) >= 11 is 6.10. The number of halogens is 1. The summed E-state index contributed by atoms with van der Waals surface area (Å²) < 4.78 is 11.4. The van der Waals surface area contributed by atoms with Crippen LogP contribution in [0.4, 0.5) is 10.5 Å². The lowest BCUT2D eigenvalue weighted by Gasteiger charge is -2.28. The van der Waals surface area contributed by atoms with Crippen molar-refractivity contribution in [1.29, 1.82) is 0 Å². The Labute approximate surface area is 212 Å². The van der Waals surface area contributed by atoms with Crippen molar-refractivity contribution in [2.45, 2.75) is 19.6 Å². The van der Waals surface area contributed by atoms with Gasteiger partial charge in [0.2, 0.25) is 0 Å². The summed E-state index contributed by atoms with van der Waals surface area (Å²) in [5.74, 6) is 0.787. The predicted octanol–water partition coefficient (Wildman–Crippen LogP) is 5.68. The van der Waals surface area contributed by atoms with Gasteiger partial charge in [-0.1, -0.05) is 60.1 Å². The minimum atomic E-state index is -0.148. The van der Waals surface area contributed by atoms with Gasteiger partial charge in [-0.3, -0.25) is 4.90 Å². The Morgan fingerprint density at radius 3 is 2.54 bits per heavy atom. The number of ether oxygens (including phenoxy) is 2. The van der Waals surface area contributed by atoms with Gasteiger partial charge in [-0.05, 0) is 47.9 Å². The highest BCUT2D eigenvalue weighted by molar-refractivity contribution is 6.30. The Balaban J connectivity index is 1.40. The molecule has 0 spiro atoms. The minimum Gasteiger partial charge on any atom is -0.489 e. The quantitative estimate of drug-likeness (QED) is 0.395. The third-order valence-corrected chi connectivity index (χ3v) is 6.12. The Hall–Kier alpha value is -3.06. The molecule has 1 aliphatic heterocycles. The summed E-state index contributed by atoms with van der Waals surface area (Å²) in [5, 5.41) is 3.58. The topological polar surface area (TPSA) is 54.0 Å². The van der Waals surface area contributed by atoms with Gasteiger partial charge in [0.05, 0.1) is 13.2 Å². The highest BCUT2D eigenvalue weighted by atomic mass is 35.5. The van der Waals surface area contributed by atoms with Gasteiger partial charge in [0.25, 0.3) is 0 Å². The molecule has 35 heavy (non-hydrogen) atoms. The number of carbonyl (C=O) groups excluding carboxylic acids is 1. The Bertz CT molecular complexity index is 1070. The highest BCUT2D eigenvalue weighted by Gasteiger charge is 2.16. The number of nitrogens with one attached hydrogen (secondary N) is 1. The van der Waals surface area contributed by atoms with Gasteiger partial charge in [0, 0.05) is 43.4 Å². The largest absolute Gasteiger partial charge is 0.489 e. The van der Waals surface area contributed by atoms with Crippen LogP contribution in [0.2, 0.25) is 5.02 Å². The Kier molecular flexibility index (Phi) is 9.40. The van der Waals surface area contributed by atoms with E-state index in [2.05, 4.69) is 10.2 Å². The van der Waals surface area contributed by atoms with Crippen LogP contribution in [0.5, 0.6) is 5.75 Å². The second-order valence-corrected chi connectivity index (χ2v) is 9.03. The zero-order valence-corrected chi connectivity index (χ0v) is 20.6. The minimum absolute atomic E-state index is 0.148. The Morgan fingerprint density at radius 2 is 1.74 bits per heavy atom. The van der Waals surface area contributed by atoms with Crippen molar-refractivity contribution in [3.8, 4) is 5.75 Å². The van der Waals surface area contributed by atoms with E-state index in [9.17, 15) is 4.79 Å². The van der Waals surface area contributed by atoms with E-state index in [1.807, 2.05) is 71.6 Å². The van der Waals surface area contributed by atoms with Crippen molar-refractivity contribution in [2.75, 3.05) is 44.7 Å². The molecule has 6 nitrogen and oxygen atoms in total. The average molecular weight is 494 g/mol. The maximum absolute atomic E-state index is 13.2. The molecule has 0 unspecified atom stereocenters. The molecule has 0 radical (unpaired) electrons. The maximum Gasteiger partial charge on any atom is 0.322 e.